The Morgan fingerprint density at radius 1 is 1.21 bits per heavy atom. The van der Waals surface area contributed by atoms with Crippen molar-refractivity contribution in [2.24, 2.45) is 0 Å². The van der Waals surface area contributed by atoms with Crippen LogP contribution in [-0.4, -0.2) is 60.0 Å². The van der Waals surface area contributed by atoms with Crippen molar-refractivity contribution in [3.05, 3.63) is 24.3 Å². The summed E-state index contributed by atoms with van der Waals surface area (Å²) in [5.74, 6) is -1.88. The van der Waals surface area contributed by atoms with Gasteiger partial charge >= 0.3 is 12.0 Å². The summed E-state index contributed by atoms with van der Waals surface area (Å²) in [6.07, 6.45) is 0. The largest absolute Gasteiger partial charge is 0.454 e. The lowest BCUT2D eigenvalue weighted by Gasteiger charge is -2.27. The molecular weight excluding hydrogens is 376 g/mol. The van der Waals surface area contributed by atoms with Gasteiger partial charge in [-0.2, -0.15) is 0 Å². The van der Waals surface area contributed by atoms with Gasteiger partial charge in [0, 0.05) is 24.0 Å². The topological polar surface area (TPSA) is 108 Å². The Labute approximate surface area is 170 Å². The molecule has 29 heavy (non-hydrogen) atoms. The van der Waals surface area contributed by atoms with Crippen LogP contribution in [-0.2, 0) is 19.1 Å². The summed E-state index contributed by atoms with van der Waals surface area (Å²) in [5.41, 5.74) is 0.554. The molecule has 1 aromatic rings. The Morgan fingerprint density at radius 3 is 2.31 bits per heavy atom. The SMILES string of the molecule is CCN(c1ccc(NC(=O)COC(=O)CN2C(=O)NC(C)(C)C2=O)cc1)C(C)C. The Kier molecular flexibility index (Phi) is 6.84. The molecule has 0 atom stereocenters. The standard InChI is InChI=1S/C20H28N4O5/c1-6-23(13(2)3)15-9-7-14(8-10-15)21-16(25)12-29-17(26)11-24-18(27)20(4,5)22-19(24)28/h7-10,13H,6,11-12H2,1-5H3,(H,21,25)(H,22,28). The summed E-state index contributed by atoms with van der Waals surface area (Å²) in [6.45, 7) is 9.18. The number of urea groups is 1. The Bertz CT molecular complexity index is 789. The number of nitrogens with zero attached hydrogens (tertiary/aromatic N) is 2. The molecule has 4 amide bonds. The average molecular weight is 404 g/mol. The van der Waals surface area contributed by atoms with Gasteiger partial charge in [-0.05, 0) is 58.9 Å². The minimum atomic E-state index is -1.07. The second kappa shape index (κ2) is 8.93. The van der Waals surface area contributed by atoms with Crippen molar-refractivity contribution >= 4 is 35.2 Å². The Balaban J connectivity index is 1.83. The number of anilines is 2. The van der Waals surface area contributed by atoms with Gasteiger partial charge in [0.2, 0.25) is 0 Å². The zero-order valence-corrected chi connectivity index (χ0v) is 17.4. The van der Waals surface area contributed by atoms with E-state index in [9.17, 15) is 19.2 Å². The zero-order valence-electron chi connectivity index (χ0n) is 17.4. The maximum atomic E-state index is 12.0. The van der Waals surface area contributed by atoms with E-state index in [-0.39, 0.29) is 0 Å². The molecule has 158 valence electrons. The van der Waals surface area contributed by atoms with E-state index < -0.39 is 42.5 Å². The fourth-order valence-corrected chi connectivity index (χ4v) is 3.06. The fraction of sp³-hybridized carbons (Fsp3) is 0.500. The first-order valence-electron chi connectivity index (χ1n) is 9.51. The van der Waals surface area contributed by atoms with Crippen molar-refractivity contribution in [2.75, 3.05) is 29.9 Å². The maximum Gasteiger partial charge on any atom is 0.326 e. The van der Waals surface area contributed by atoms with Crippen molar-refractivity contribution in [3.63, 3.8) is 0 Å². The lowest BCUT2D eigenvalue weighted by atomic mass is 10.1. The van der Waals surface area contributed by atoms with Gasteiger partial charge in [0.1, 0.15) is 12.1 Å². The van der Waals surface area contributed by atoms with Crippen molar-refractivity contribution in [2.45, 2.75) is 46.2 Å². The van der Waals surface area contributed by atoms with Crippen LogP contribution in [0.1, 0.15) is 34.6 Å². The molecule has 1 aliphatic rings. The predicted octanol–water partition coefficient (Wildman–Crippen LogP) is 1.73. The third-order valence-corrected chi connectivity index (χ3v) is 4.54. The monoisotopic (exact) mass is 404 g/mol. The number of ether oxygens (including phenoxy) is 1. The smallest absolute Gasteiger partial charge is 0.326 e. The van der Waals surface area contributed by atoms with Crippen LogP contribution >= 0.6 is 0 Å². The molecule has 1 fully saturated rings. The number of esters is 1. The first-order valence-corrected chi connectivity index (χ1v) is 9.51. The van der Waals surface area contributed by atoms with E-state index in [1.807, 2.05) is 12.1 Å². The van der Waals surface area contributed by atoms with Gasteiger partial charge in [0.05, 0.1) is 0 Å². The molecule has 1 heterocycles. The number of rotatable bonds is 8. The van der Waals surface area contributed by atoms with Gasteiger partial charge in [-0.25, -0.2) is 4.79 Å². The molecule has 1 aromatic carbocycles. The number of benzene rings is 1. The molecule has 2 N–H and O–H groups in total. The maximum absolute atomic E-state index is 12.0. The van der Waals surface area contributed by atoms with Crippen LogP contribution in [0.4, 0.5) is 16.2 Å². The first-order chi connectivity index (χ1) is 13.5. The van der Waals surface area contributed by atoms with E-state index in [1.54, 1.807) is 12.1 Å². The Hall–Kier alpha value is -3.10. The minimum absolute atomic E-state index is 0.356. The van der Waals surface area contributed by atoms with Crippen LogP contribution in [0.5, 0.6) is 0 Å². The molecule has 0 unspecified atom stereocenters. The van der Waals surface area contributed by atoms with Crippen LogP contribution in [0.3, 0.4) is 0 Å². The van der Waals surface area contributed by atoms with E-state index in [2.05, 4.69) is 36.3 Å². The second-order valence-electron chi connectivity index (χ2n) is 7.58. The van der Waals surface area contributed by atoms with Crippen molar-refractivity contribution < 1.29 is 23.9 Å². The van der Waals surface area contributed by atoms with Gasteiger partial charge in [0.25, 0.3) is 11.8 Å². The van der Waals surface area contributed by atoms with Gasteiger partial charge in [-0.1, -0.05) is 0 Å². The number of carbonyl (C=O) groups is 4. The third kappa shape index (κ3) is 5.46. The van der Waals surface area contributed by atoms with Gasteiger partial charge in [-0.15, -0.1) is 0 Å². The quantitative estimate of drug-likeness (QED) is 0.505. The third-order valence-electron chi connectivity index (χ3n) is 4.54. The van der Waals surface area contributed by atoms with Crippen molar-refractivity contribution in [3.8, 4) is 0 Å². The second-order valence-corrected chi connectivity index (χ2v) is 7.58. The van der Waals surface area contributed by atoms with Gasteiger partial charge in [-0.3, -0.25) is 19.3 Å². The minimum Gasteiger partial charge on any atom is -0.454 e. The number of imide groups is 1. The van der Waals surface area contributed by atoms with E-state index in [1.165, 1.54) is 13.8 Å². The number of carbonyl (C=O) groups excluding carboxylic acids is 4. The number of hydrogen-bond donors (Lipinski definition) is 2. The summed E-state index contributed by atoms with van der Waals surface area (Å²) >= 11 is 0. The van der Waals surface area contributed by atoms with E-state index in [0.29, 0.717) is 11.7 Å². The highest BCUT2D eigenvalue weighted by Gasteiger charge is 2.45. The molecule has 2 rings (SSSR count). The summed E-state index contributed by atoms with van der Waals surface area (Å²) in [6, 6.07) is 7.05. The average Bonchev–Trinajstić information content (AvgIpc) is 2.83. The molecular formula is C20H28N4O5. The van der Waals surface area contributed by atoms with Crippen LogP contribution in [0.15, 0.2) is 24.3 Å². The normalized spacial score (nSPS) is 15.3. The van der Waals surface area contributed by atoms with Crippen molar-refractivity contribution in [1.82, 2.24) is 10.2 Å². The predicted molar refractivity (Wildman–Crippen MR) is 109 cm³/mol. The zero-order chi connectivity index (χ0) is 21.8. The molecule has 0 bridgehead atoms. The summed E-state index contributed by atoms with van der Waals surface area (Å²) in [7, 11) is 0. The fourth-order valence-electron chi connectivity index (χ4n) is 3.06. The summed E-state index contributed by atoms with van der Waals surface area (Å²) in [4.78, 5) is 50.7. The molecule has 0 aromatic heterocycles. The molecule has 0 aliphatic carbocycles. The molecule has 9 heteroatoms. The van der Waals surface area contributed by atoms with E-state index >= 15 is 0 Å². The first kappa shape index (κ1) is 22.2. The molecule has 0 spiro atoms. The Morgan fingerprint density at radius 2 is 1.83 bits per heavy atom. The number of nitrogens with one attached hydrogen (secondary N) is 2. The van der Waals surface area contributed by atoms with Crippen LogP contribution in [0.25, 0.3) is 0 Å². The summed E-state index contributed by atoms with van der Waals surface area (Å²) < 4.78 is 4.88. The molecule has 9 nitrogen and oxygen atoms in total. The van der Waals surface area contributed by atoms with E-state index in [0.717, 1.165) is 17.1 Å². The highest BCUT2D eigenvalue weighted by atomic mass is 16.5. The van der Waals surface area contributed by atoms with Crippen LogP contribution < -0.4 is 15.5 Å². The molecule has 0 saturated carbocycles. The number of amides is 4. The molecule has 1 aliphatic heterocycles. The highest BCUT2D eigenvalue weighted by molar-refractivity contribution is 6.08. The summed E-state index contributed by atoms with van der Waals surface area (Å²) in [5, 5.41) is 5.11. The highest BCUT2D eigenvalue weighted by Crippen LogP contribution is 2.20. The van der Waals surface area contributed by atoms with Gasteiger partial charge in [0.15, 0.2) is 6.61 Å². The van der Waals surface area contributed by atoms with Crippen molar-refractivity contribution in [1.29, 1.82) is 0 Å². The lowest BCUT2D eigenvalue weighted by Crippen LogP contribution is -2.41. The van der Waals surface area contributed by atoms with Crippen LogP contribution in [0.2, 0.25) is 0 Å². The van der Waals surface area contributed by atoms with Gasteiger partial charge < -0.3 is 20.3 Å². The lowest BCUT2D eigenvalue weighted by molar-refractivity contribution is -0.150. The number of hydrogen-bond acceptors (Lipinski definition) is 6. The molecule has 0 radical (unpaired) electrons. The van der Waals surface area contributed by atoms with Crippen LogP contribution in [0, 0.1) is 0 Å². The molecule has 1 saturated heterocycles. The van der Waals surface area contributed by atoms with E-state index in [4.69, 9.17) is 4.74 Å².